The lowest BCUT2D eigenvalue weighted by Gasteiger charge is -2.09. The number of hydrogen-bond acceptors (Lipinski definition) is 8. The van der Waals surface area contributed by atoms with Crippen LogP contribution in [0.4, 0.5) is 4.79 Å². The number of esters is 1. The SMILES string of the molecule is C/C(=N/OCC(=O)OCC(=O)NC(=O)NC(C)C)c1ccc2c(c1)OCO2. The summed E-state index contributed by atoms with van der Waals surface area (Å²) in [5.41, 5.74) is 1.26. The van der Waals surface area contributed by atoms with Crippen LogP contribution in [0.3, 0.4) is 0 Å². The zero-order valence-corrected chi connectivity index (χ0v) is 15.2. The molecular formula is C17H21N3O7. The third-order valence-corrected chi connectivity index (χ3v) is 3.21. The fraction of sp³-hybridized carbons (Fsp3) is 0.412. The number of urea groups is 1. The van der Waals surface area contributed by atoms with Crippen LogP contribution in [0.1, 0.15) is 26.3 Å². The first-order valence-corrected chi connectivity index (χ1v) is 8.17. The molecule has 0 fully saturated rings. The largest absolute Gasteiger partial charge is 0.454 e. The van der Waals surface area contributed by atoms with Gasteiger partial charge in [-0.1, -0.05) is 5.16 Å². The monoisotopic (exact) mass is 379 g/mol. The highest BCUT2D eigenvalue weighted by Crippen LogP contribution is 2.32. The van der Waals surface area contributed by atoms with Crippen molar-refractivity contribution in [2.45, 2.75) is 26.8 Å². The summed E-state index contributed by atoms with van der Waals surface area (Å²) in [7, 11) is 0. The van der Waals surface area contributed by atoms with E-state index < -0.39 is 31.1 Å². The van der Waals surface area contributed by atoms with Crippen LogP contribution in [0.2, 0.25) is 0 Å². The quantitative estimate of drug-likeness (QED) is 0.410. The van der Waals surface area contributed by atoms with Gasteiger partial charge >= 0.3 is 12.0 Å². The van der Waals surface area contributed by atoms with Crippen LogP contribution in [-0.4, -0.2) is 49.7 Å². The van der Waals surface area contributed by atoms with Gasteiger partial charge in [0.25, 0.3) is 5.91 Å². The van der Waals surface area contributed by atoms with E-state index in [0.29, 0.717) is 17.2 Å². The maximum absolute atomic E-state index is 11.5. The van der Waals surface area contributed by atoms with Crippen LogP contribution in [0.25, 0.3) is 0 Å². The Kier molecular flexibility index (Phi) is 6.98. The molecule has 3 amide bonds. The van der Waals surface area contributed by atoms with Crippen molar-refractivity contribution >= 4 is 23.6 Å². The molecule has 0 saturated carbocycles. The minimum absolute atomic E-state index is 0.125. The molecular weight excluding hydrogens is 358 g/mol. The van der Waals surface area contributed by atoms with Gasteiger partial charge in [0.15, 0.2) is 18.1 Å². The molecule has 0 saturated heterocycles. The highest BCUT2D eigenvalue weighted by Gasteiger charge is 2.15. The second-order valence-electron chi connectivity index (χ2n) is 5.86. The Bertz CT molecular complexity index is 746. The van der Waals surface area contributed by atoms with Gasteiger partial charge in [0.05, 0.1) is 5.71 Å². The topological polar surface area (TPSA) is 125 Å². The van der Waals surface area contributed by atoms with Gasteiger partial charge in [-0.3, -0.25) is 10.1 Å². The number of fused-ring (bicyclic) bond motifs is 1. The molecule has 0 radical (unpaired) electrons. The molecule has 0 bridgehead atoms. The highest BCUT2D eigenvalue weighted by molar-refractivity contribution is 5.99. The summed E-state index contributed by atoms with van der Waals surface area (Å²) in [6, 6.07) is 4.49. The van der Waals surface area contributed by atoms with Gasteiger partial charge in [-0.2, -0.15) is 0 Å². The van der Waals surface area contributed by atoms with Crippen molar-refractivity contribution in [3.05, 3.63) is 23.8 Å². The summed E-state index contributed by atoms with van der Waals surface area (Å²) in [6.45, 7) is 4.28. The highest BCUT2D eigenvalue weighted by atomic mass is 16.7. The summed E-state index contributed by atoms with van der Waals surface area (Å²) in [6.07, 6.45) is 0. The second kappa shape index (κ2) is 9.41. The number of carbonyl (C=O) groups excluding carboxylic acids is 3. The average molecular weight is 379 g/mol. The predicted octanol–water partition coefficient (Wildman–Crippen LogP) is 0.933. The van der Waals surface area contributed by atoms with Gasteiger partial charge in [-0.25, -0.2) is 9.59 Å². The minimum Gasteiger partial charge on any atom is -0.454 e. The first-order chi connectivity index (χ1) is 12.8. The molecule has 2 rings (SSSR count). The van der Waals surface area contributed by atoms with E-state index in [0.717, 1.165) is 5.56 Å². The standard InChI is InChI=1S/C17H21N3O7/c1-10(2)18-17(23)19-15(21)7-24-16(22)8-27-20-11(3)12-4-5-13-14(6-12)26-9-25-13/h4-6,10H,7-9H2,1-3H3,(H2,18,19,21,23)/b20-11-. The first-order valence-electron chi connectivity index (χ1n) is 8.17. The Morgan fingerprint density at radius 1 is 1.19 bits per heavy atom. The van der Waals surface area contributed by atoms with Gasteiger partial charge in [-0.05, 0) is 39.0 Å². The summed E-state index contributed by atoms with van der Waals surface area (Å²) < 4.78 is 15.2. The molecule has 10 heteroatoms. The normalized spacial score (nSPS) is 12.5. The van der Waals surface area contributed by atoms with Crippen LogP contribution < -0.4 is 20.1 Å². The van der Waals surface area contributed by atoms with Crippen molar-refractivity contribution in [3.8, 4) is 11.5 Å². The Morgan fingerprint density at radius 2 is 1.93 bits per heavy atom. The van der Waals surface area contributed by atoms with Crippen molar-refractivity contribution < 1.29 is 33.4 Å². The van der Waals surface area contributed by atoms with E-state index in [1.54, 1.807) is 39.0 Å². The number of nitrogens with zero attached hydrogens (tertiary/aromatic N) is 1. The number of benzene rings is 1. The predicted molar refractivity (Wildman–Crippen MR) is 93.5 cm³/mol. The van der Waals surface area contributed by atoms with Crippen LogP contribution in [0, 0.1) is 0 Å². The van der Waals surface area contributed by atoms with E-state index in [4.69, 9.17) is 19.0 Å². The lowest BCUT2D eigenvalue weighted by molar-refractivity contribution is -0.152. The lowest BCUT2D eigenvalue weighted by Crippen LogP contribution is -2.44. The molecule has 2 N–H and O–H groups in total. The van der Waals surface area contributed by atoms with Gasteiger partial charge in [-0.15, -0.1) is 0 Å². The molecule has 1 aromatic rings. The number of nitrogens with one attached hydrogen (secondary N) is 2. The maximum atomic E-state index is 11.5. The average Bonchev–Trinajstić information content (AvgIpc) is 3.06. The molecule has 27 heavy (non-hydrogen) atoms. The van der Waals surface area contributed by atoms with Gasteiger partial charge in [0, 0.05) is 11.6 Å². The number of amides is 3. The smallest absolute Gasteiger partial charge is 0.347 e. The van der Waals surface area contributed by atoms with Crippen molar-refractivity contribution in [2.24, 2.45) is 5.16 Å². The van der Waals surface area contributed by atoms with Crippen LogP contribution in [0.15, 0.2) is 23.4 Å². The Morgan fingerprint density at radius 3 is 2.67 bits per heavy atom. The zero-order valence-electron chi connectivity index (χ0n) is 15.2. The van der Waals surface area contributed by atoms with Crippen molar-refractivity contribution in [1.29, 1.82) is 0 Å². The van der Waals surface area contributed by atoms with Crippen molar-refractivity contribution in [1.82, 2.24) is 10.6 Å². The van der Waals surface area contributed by atoms with Crippen LogP contribution in [-0.2, 0) is 19.2 Å². The zero-order chi connectivity index (χ0) is 19.8. The van der Waals surface area contributed by atoms with Gasteiger partial charge in [0.1, 0.15) is 0 Å². The molecule has 1 aliphatic heterocycles. The molecule has 0 aliphatic carbocycles. The lowest BCUT2D eigenvalue weighted by atomic mass is 10.1. The molecule has 1 aliphatic rings. The van der Waals surface area contributed by atoms with E-state index >= 15 is 0 Å². The molecule has 0 atom stereocenters. The number of ether oxygens (including phenoxy) is 3. The van der Waals surface area contributed by atoms with Gasteiger partial charge in [0.2, 0.25) is 13.4 Å². The molecule has 0 spiro atoms. The van der Waals surface area contributed by atoms with E-state index in [1.165, 1.54) is 0 Å². The summed E-state index contributed by atoms with van der Waals surface area (Å²) in [5.74, 6) is -0.288. The molecule has 1 heterocycles. The fourth-order valence-corrected chi connectivity index (χ4v) is 2.00. The molecule has 0 unspecified atom stereocenters. The third kappa shape index (κ3) is 6.49. The Hall–Kier alpha value is -3.30. The number of oxime groups is 1. The number of carbonyl (C=O) groups is 3. The van der Waals surface area contributed by atoms with Crippen LogP contribution >= 0.6 is 0 Å². The maximum Gasteiger partial charge on any atom is 0.347 e. The number of rotatable bonds is 7. The Balaban J connectivity index is 1.71. The summed E-state index contributed by atoms with van der Waals surface area (Å²) in [4.78, 5) is 39.3. The number of hydrogen-bond donors (Lipinski definition) is 2. The second-order valence-corrected chi connectivity index (χ2v) is 5.86. The Labute approximate surface area is 155 Å². The van der Waals surface area contributed by atoms with Gasteiger partial charge < -0.3 is 24.4 Å². The van der Waals surface area contributed by atoms with Crippen molar-refractivity contribution in [3.63, 3.8) is 0 Å². The number of imide groups is 1. The fourth-order valence-electron chi connectivity index (χ4n) is 2.00. The van der Waals surface area contributed by atoms with E-state index in [-0.39, 0.29) is 12.8 Å². The van der Waals surface area contributed by atoms with Crippen LogP contribution in [0.5, 0.6) is 11.5 Å². The van der Waals surface area contributed by atoms with E-state index in [1.807, 2.05) is 5.32 Å². The van der Waals surface area contributed by atoms with Crippen molar-refractivity contribution in [2.75, 3.05) is 20.0 Å². The van der Waals surface area contributed by atoms with E-state index in [2.05, 4.69) is 10.5 Å². The summed E-state index contributed by atoms with van der Waals surface area (Å²) >= 11 is 0. The first kappa shape index (κ1) is 20.0. The summed E-state index contributed by atoms with van der Waals surface area (Å²) in [5, 5.41) is 8.32. The molecule has 1 aromatic carbocycles. The minimum atomic E-state index is -0.795. The third-order valence-electron chi connectivity index (χ3n) is 3.21. The molecule has 10 nitrogen and oxygen atoms in total. The van der Waals surface area contributed by atoms with E-state index in [9.17, 15) is 14.4 Å². The molecule has 146 valence electrons. The molecule has 0 aromatic heterocycles.